The van der Waals surface area contributed by atoms with Gasteiger partial charge in [-0.15, -0.1) is 0 Å². The molecule has 18 heavy (non-hydrogen) atoms. The van der Waals surface area contributed by atoms with Gasteiger partial charge in [0, 0.05) is 12.2 Å². The number of pyridine rings is 1. The van der Waals surface area contributed by atoms with Crippen LogP contribution < -0.4 is 10.1 Å². The Hall–Kier alpha value is -2.23. The van der Waals surface area contributed by atoms with Gasteiger partial charge in [0.1, 0.15) is 0 Å². The molecular formula is C14H16N2O2. The van der Waals surface area contributed by atoms with E-state index in [1.54, 1.807) is 12.3 Å². The lowest BCUT2D eigenvalue weighted by Gasteiger charge is -2.09. The van der Waals surface area contributed by atoms with E-state index in [4.69, 9.17) is 4.74 Å². The van der Waals surface area contributed by atoms with E-state index in [0.29, 0.717) is 12.3 Å². The fourth-order valence-corrected chi connectivity index (χ4v) is 1.61. The molecule has 0 saturated heterocycles. The first-order valence-corrected chi connectivity index (χ1v) is 5.71. The van der Waals surface area contributed by atoms with E-state index in [0.717, 1.165) is 16.9 Å². The number of nitrogens with one attached hydrogen (secondary N) is 1. The molecule has 4 nitrogen and oxygen atoms in total. The van der Waals surface area contributed by atoms with Crippen LogP contribution in [-0.2, 0) is 6.54 Å². The second-order valence-electron chi connectivity index (χ2n) is 4.05. The summed E-state index contributed by atoms with van der Waals surface area (Å²) in [6.07, 6.45) is 1.80. The standard InChI is InChI=1S/C14H16N2O2/c1-10-3-5-12(9-15-10)16-8-11-4-6-13(17)14(7-11)18-2/h3-7,9,16-17H,8H2,1-2H3. The quantitative estimate of drug-likeness (QED) is 0.868. The summed E-state index contributed by atoms with van der Waals surface area (Å²) in [5.74, 6) is 0.634. The highest BCUT2D eigenvalue weighted by atomic mass is 16.5. The van der Waals surface area contributed by atoms with E-state index < -0.39 is 0 Å². The van der Waals surface area contributed by atoms with Gasteiger partial charge in [-0.1, -0.05) is 6.07 Å². The molecule has 0 unspecified atom stereocenters. The summed E-state index contributed by atoms with van der Waals surface area (Å²) in [4.78, 5) is 4.21. The highest BCUT2D eigenvalue weighted by Gasteiger charge is 2.02. The predicted molar refractivity (Wildman–Crippen MR) is 71.0 cm³/mol. The fourth-order valence-electron chi connectivity index (χ4n) is 1.61. The van der Waals surface area contributed by atoms with Crippen molar-refractivity contribution in [2.75, 3.05) is 12.4 Å². The first-order valence-electron chi connectivity index (χ1n) is 5.71. The van der Waals surface area contributed by atoms with Gasteiger partial charge in [-0.25, -0.2) is 0 Å². The van der Waals surface area contributed by atoms with Crippen LogP contribution in [0.25, 0.3) is 0 Å². The van der Waals surface area contributed by atoms with E-state index in [2.05, 4.69) is 10.3 Å². The zero-order valence-electron chi connectivity index (χ0n) is 10.5. The molecule has 2 rings (SSSR count). The van der Waals surface area contributed by atoms with Crippen molar-refractivity contribution in [3.63, 3.8) is 0 Å². The van der Waals surface area contributed by atoms with Crippen LogP contribution in [0.4, 0.5) is 5.69 Å². The lowest BCUT2D eigenvalue weighted by atomic mass is 10.2. The maximum atomic E-state index is 9.50. The van der Waals surface area contributed by atoms with E-state index in [-0.39, 0.29) is 5.75 Å². The van der Waals surface area contributed by atoms with Crippen molar-refractivity contribution in [1.29, 1.82) is 0 Å². The normalized spacial score (nSPS) is 10.1. The molecule has 0 radical (unpaired) electrons. The number of benzene rings is 1. The van der Waals surface area contributed by atoms with Gasteiger partial charge in [-0.2, -0.15) is 0 Å². The van der Waals surface area contributed by atoms with Crippen molar-refractivity contribution in [1.82, 2.24) is 4.98 Å². The smallest absolute Gasteiger partial charge is 0.160 e. The largest absolute Gasteiger partial charge is 0.504 e. The number of phenolic OH excluding ortho intramolecular Hbond substituents is 1. The molecule has 0 saturated carbocycles. The van der Waals surface area contributed by atoms with Gasteiger partial charge in [0.25, 0.3) is 0 Å². The number of phenols is 1. The number of aryl methyl sites for hydroxylation is 1. The van der Waals surface area contributed by atoms with Gasteiger partial charge in [-0.05, 0) is 36.8 Å². The fraction of sp³-hybridized carbons (Fsp3) is 0.214. The first kappa shape index (κ1) is 12.2. The van der Waals surface area contributed by atoms with Crippen LogP contribution in [0.5, 0.6) is 11.5 Å². The maximum Gasteiger partial charge on any atom is 0.160 e. The zero-order chi connectivity index (χ0) is 13.0. The maximum absolute atomic E-state index is 9.50. The average Bonchev–Trinajstić information content (AvgIpc) is 2.39. The van der Waals surface area contributed by atoms with E-state index in [9.17, 15) is 5.11 Å². The number of ether oxygens (including phenoxy) is 1. The Morgan fingerprint density at radius 3 is 2.78 bits per heavy atom. The van der Waals surface area contributed by atoms with Crippen molar-refractivity contribution in [3.8, 4) is 11.5 Å². The summed E-state index contributed by atoms with van der Waals surface area (Å²) in [5, 5.41) is 12.8. The van der Waals surface area contributed by atoms with Crippen LogP contribution in [0, 0.1) is 6.92 Å². The van der Waals surface area contributed by atoms with Crippen LogP contribution in [0.1, 0.15) is 11.3 Å². The van der Waals surface area contributed by atoms with Crippen LogP contribution in [0.2, 0.25) is 0 Å². The SMILES string of the molecule is COc1cc(CNc2ccc(C)nc2)ccc1O. The molecule has 2 N–H and O–H groups in total. The molecule has 0 aliphatic carbocycles. The minimum Gasteiger partial charge on any atom is -0.504 e. The van der Waals surface area contributed by atoms with Crippen molar-refractivity contribution >= 4 is 5.69 Å². The lowest BCUT2D eigenvalue weighted by Crippen LogP contribution is -2.00. The Morgan fingerprint density at radius 1 is 1.28 bits per heavy atom. The molecule has 2 aromatic rings. The summed E-state index contributed by atoms with van der Waals surface area (Å²) in [7, 11) is 1.54. The number of hydrogen-bond donors (Lipinski definition) is 2. The number of methoxy groups -OCH3 is 1. The molecule has 0 amide bonds. The molecule has 4 heteroatoms. The zero-order valence-corrected chi connectivity index (χ0v) is 10.5. The third kappa shape index (κ3) is 2.91. The van der Waals surface area contributed by atoms with Gasteiger partial charge in [0.05, 0.1) is 19.0 Å². The van der Waals surface area contributed by atoms with Gasteiger partial charge < -0.3 is 15.2 Å². The van der Waals surface area contributed by atoms with Crippen molar-refractivity contribution in [2.45, 2.75) is 13.5 Å². The van der Waals surface area contributed by atoms with Gasteiger partial charge >= 0.3 is 0 Å². The second kappa shape index (κ2) is 5.40. The Morgan fingerprint density at radius 2 is 2.11 bits per heavy atom. The topological polar surface area (TPSA) is 54.4 Å². The Balaban J connectivity index is 2.04. The van der Waals surface area contributed by atoms with Crippen LogP contribution in [0.15, 0.2) is 36.5 Å². The number of aromatic hydroxyl groups is 1. The third-order valence-electron chi connectivity index (χ3n) is 2.65. The molecular weight excluding hydrogens is 228 g/mol. The van der Waals surface area contributed by atoms with Gasteiger partial charge in [0.15, 0.2) is 11.5 Å². The van der Waals surface area contributed by atoms with Crippen molar-refractivity contribution in [2.24, 2.45) is 0 Å². The lowest BCUT2D eigenvalue weighted by molar-refractivity contribution is 0.373. The van der Waals surface area contributed by atoms with Crippen molar-refractivity contribution < 1.29 is 9.84 Å². The monoisotopic (exact) mass is 244 g/mol. The number of anilines is 1. The van der Waals surface area contributed by atoms with Crippen LogP contribution >= 0.6 is 0 Å². The number of aromatic nitrogens is 1. The highest BCUT2D eigenvalue weighted by molar-refractivity contribution is 5.45. The molecule has 1 aromatic heterocycles. The molecule has 0 spiro atoms. The molecule has 1 heterocycles. The summed E-state index contributed by atoms with van der Waals surface area (Å²) in [6.45, 7) is 2.61. The van der Waals surface area contributed by atoms with Crippen LogP contribution in [0.3, 0.4) is 0 Å². The summed E-state index contributed by atoms with van der Waals surface area (Å²) >= 11 is 0. The Bertz CT molecular complexity index is 524. The van der Waals surface area contributed by atoms with Crippen LogP contribution in [-0.4, -0.2) is 17.2 Å². The average molecular weight is 244 g/mol. The molecule has 0 fully saturated rings. The molecule has 94 valence electrons. The number of hydrogen-bond acceptors (Lipinski definition) is 4. The molecule has 0 aliphatic rings. The Labute approximate surface area is 106 Å². The van der Waals surface area contributed by atoms with Gasteiger partial charge in [-0.3, -0.25) is 4.98 Å². The molecule has 1 aromatic carbocycles. The van der Waals surface area contributed by atoms with Crippen molar-refractivity contribution in [3.05, 3.63) is 47.8 Å². The molecule has 0 bridgehead atoms. The van der Waals surface area contributed by atoms with E-state index >= 15 is 0 Å². The number of nitrogens with zero attached hydrogens (tertiary/aromatic N) is 1. The third-order valence-corrected chi connectivity index (χ3v) is 2.65. The molecule has 0 atom stereocenters. The van der Waals surface area contributed by atoms with Gasteiger partial charge in [0.2, 0.25) is 0 Å². The first-order chi connectivity index (χ1) is 8.69. The predicted octanol–water partition coefficient (Wildman–Crippen LogP) is 2.72. The van der Waals surface area contributed by atoms with E-state index in [1.165, 1.54) is 7.11 Å². The minimum absolute atomic E-state index is 0.151. The minimum atomic E-state index is 0.151. The Kier molecular flexibility index (Phi) is 3.67. The summed E-state index contributed by atoms with van der Waals surface area (Å²) < 4.78 is 5.06. The second-order valence-corrected chi connectivity index (χ2v) is 4.05. The summed E-state index contributed by atoms with van der Waals surface area (Å²) in [6, 6.07) is 9.24. The van der Waals surface area contributed by atoms with E-state index in [1.807, 2.05) is 31.2 Å². The summed E-state index contributed by atoms with van der Waals surface area (Å²) in [5.41, 5.74) is 2.99. The highest BCUT2D eigenvalue weighted by Crippen LogP contribution is 2.26. The molecule has 0 aliphatic heterocycles. The number of rotatable bonds is 4.